The average Bonchev–Trinajstić information content (AvgIpc) is 2.67. The maximum Gasteiger partial charge on any atom is 0.228 e. The summed E-state index contributed by atoms with van der Waals surface area (Å²) in [6.07, 6.45) is 1.75. The largest absolute Gasteiger partial charge is 0.492 e. The number of pyridine rings is 1. The van der Waals surface area contributed by atoms with E-state index >= 15 is 0 Å². The number of rotatable bonds is 7. The number of nitrogens with zero attached hydrogens (tertiary/aromatic N) is 1. The molecule has 0 aliphatic rings. The van der Waals surface area contributed by atoms with Crippen LogP contribution in [0.15, 0.2) is 66.9 Å². The molecule has 0 aliphatic heterocycles. The lowest BCUT2D eigenvalue weighted by Gasteiger charge is -2.12. The number of anilines is 3. The Morgan fingerprint density at radius 1 is 1.07 bits per heavy atom. The molecule has 0 bridgehead atoms. The molecule has 27 heavy (non-hydrogen) atoms. The van der Waals surface area contributed by atoms with Crippen LogP contribution >= 0.6 is 0 Å². The maximum absolute atomic E-state index is 12.9. The SMILES string of the molecule is CCOc1ccccc1Nc1ccc(NC(=O)Cc2ccc(F)cc2)cn1. The van der Waals surface area contributed by atoms with Crippen molar-refractivity contribution < 1.29 is 13.9 Å². The fourth-order valence-corrected chi connectivity index (χ4v) is 2.52. The second kappa shape index (κ2) is 8.80. The molecule has 0 unspecified atom stereocenters. The fourth-order valence-electron chi connectivity index (χ4n) is 2.52. The molecule has 3 aromatic rings. The van der Waals surface area contributed by atoms with Gasteiger partial charge in [0.2, 0.25) is 5.91 Å². The smallest absolute Gasteiger partial charge is 0.228 e. The van der Waals surface area contributed by atoms with Gasteiger partial charge in [0.05, 0.1) is 30.6 Å². The van der Waals surface area contributed by atoms with Crippen LogP contribution in [0, 0.1) is 5.82 Å². The van der Waals surface area contributed by atoms with Crippen LogP contribution in [0.1, 0.15) is 12.5 Å². The van der Waals surface area contributed by atoms with Gasteiger partial charge in [0.15, 0.2) is 0 Å². The monoisotopic (exact) mass is 365 g/mol. The second-order valence-corrected chi connectivity index (χ2v) is 5.84. The normalized spacial score (nSPS) is 10.3. The minimum atomic E-state index is -0.322. The number of para-hydroxylation sites is 2. The second-order valence-electron chi connectivity index (χ2n) is 5.84. The van der Waals surface area contributed by atoms with Crippen LogP contribution in [0.3, 0.4) is 0 Å². The van der Waals surface area contributed by atoms with Crippen LogP contribution < -0.4 is 15.4 Å². The molecule has 0 saturated heterocycles. The van der Waals surface area contributed by atoms with Crippen molar-refractivity contribution in [2.45, 2.75) is 13.3 Å². The Balaban J connectivity index is 1.60. The van der Waals surface area contributed by atoms with Crippen LogP contribution in [0.5, 0.6) is 5.75 Å². The first-order valence-electron chi connectivity index (χ1n) is 8.63. The summed E-state index contributed by atoms with van der Waals surface area (Å²) in [5, 5.41) is 5.98. The standard InChI is InChI=1S/C21H20FN3O2/c1-2-27-19-6-4-3-5-18(19)25-20-12-11-17(14-23-20)24-21(26)13-15-7-9-16(22)10-8-15/h3-12,14H,2,13H2,1H3,(H,23,25)(H,24,26). The minimum Gasteiger partial charge on any atom is -0.492 e. The van der Waals surface area contributed by atoms with Crippen LogP contribution in [0.4, 0.5) is 21.6 Å². The van der Waals surface area contributed by atoms with Crippen LogP contribution in [0.25, 0.3) is 0 Å². The van der Waals surface area contributed by atoms with Gasteiger partial charge in [-0.2, -0.15) is 0 Å². The van der Waals surface area contributed by atoms with Crippen molar-refractivity contribution in [3.05, 3.63) is 78.2 Å². The first-order chi connectivity index (χ1) is 13.1. The number of halogens is 1. The summed E-state index contributed by atoms with van der Waals surface area (Å²) in [5.41, 5.74) is 2.15. The Kier molecular flexibility index (Phi) is 5.99. The number of aromatic nitrogens is 1. The highest BCUT2D eigenvalue weighted by atomic mass is 19.1. The highest BCUT2D eigenvalue weighted by molar-refractivity contribution is 5.92. The van der Waals surface area contributed by atoms with E-state index in [1.807, 2.05) is 31.2 Å². The van der Waals surface area contributed by atoms with Gasteiger partial charge in [0, 0.05) is 0 Å². The zero-order valence-electron chi connectivity index (χ0n) is 14.9. The van der Waals surface area contributed by atoms with Gasteiger partial charge in [-0.05, 0) is 48.9 Å². The predicted octanol–water partition coefficient (Wildman–Crippen LogP) is 4.54. The molecule has 0 radical (unpaired) electrons. The van der Waals surface area contributed by atoms with Gasteiger partial charge in [-0.25, -0.2) is 9.37 Å². The maximum atomic E-state index is 12.9. The van der Waals surface area contributed by atoms with Gasteiger partial charge >= 0.3 is 0 Å². The lowest BCUT2D eigenvalue weighted by atomic mass is 10.1. The summed E-state index contributed by atoms with van der Waals surface area (Å²) in [5.74, 6) is 0.875. The summed E-state index contributed by atoms with van der Waals surface area (Å²) in [6, 6.07) is 17.0. The van der Waals surface area contributed by atoms with Crippen molar-refractivity contribution in [1.29, 1.82) is 0 Å². The molecule has 0 spiro atoms. The highest BCUT2D eigenvalue weighted by Crippen LogP contribution is 2.26. The zero-order chi connectivity index (χ0) is 19.1. The fraction of sp³-hybridized carbons (Fsp3) is 0.143. The van der Waals surface area contributed by atoms with Gasteiger partial charge < -0.3 is 15.4 Å². The molecule has 1 heterocycles. The van der Waals surface area contributed by atoms with Crippen molar-refractivity contribution in [1.82, 2.24) is 4.98 Å². The Morgan fingerprint density at radius 3 is 2.56 bits per heavy atom. The van der Waals surface area contributed by atoms with Crippen LogP contribution in [0.2, 0.25) is 0 Å². The molecular weight excluding hydrogens is 345 g/mol. The number of nitrogens with one attached hydrogen (secondary N) is 2. The Morgan fingerprint density at radius 2 is 1.85 bits per heavy atom. The molecule has 0 fully saturated rings. The molecule has 0 atom stereocenters. The van der Waals surface area contributed by atoms with E-state index in [-0.39, 0.29) is 18.1 Å². The Bertz CT molecular complexity index is 896. The van der Waals surface area contributed by atoms with E-state index in [9.17, 15) is 9.18 Å². The molecular formula is C21H20FN3O2. The summed E-state index contributed by atoms with van der Waals surface area (Å²) in [4.78, 5) is 16.4. The Labute approximate surface area is 157 Å². The molecule has 0 aliphatic carbocycles. The minimum absolute atomic E-state index is 0.169. The van der Waals surface area contributed by atoms with Gasteiger partial charge in [-0.15, -0.1) is 0 Å². The number of benzene rings is 2. The summed E-state index contributed by atoms with van der Waals surface area (Å²) >= 11 is 0. The van der Waals surface area contributed by atoms with E-state index in [0.29, 0.717) is 18.1 Å². The lowest BCUT2D eigenvalue weighted by molar-refractivity contribution is -0.115. The van der Waals surface area contributed by atoms with Crippen molar-refractivity contribution >= 4 is 23.1 Å². The quantitative estimate of drug-likeness (QED) is 0.645. The van der Waals surface area contributed by atoms with Crippen LogP contribution in [-0.2, 0) is 11.2 Å². The zero-order valence-corrected chi connectivity index (χ0v) is 14.9. The molecule has 5 nitrogen and oxygen atoms in total. The highest BCUT2D eigenvalue weighted by Gasteiger charge is 2.06. The molecule has 2 aromatic carbocycles. The Hall–Kier alpha value is -3.41. The van der Waals surface area contributed by atoms with Crippen molar-refractivity contribution in [3.63, 3.8) is 0 Å². The van der Waals surface area contributed by atoms with E-state index < -0.39 is 0 Å². The first kappa shape index (κ1) is 18.4. The van der Waals surface area contributed by atoms with Gasteiger partial charge in [-0.1, -0.05) is 24.3 Å². The van der Waals surface area contributed by atoms with E-state index in [1.165, 1.54) is 12.1 Å². The van der Waals surface area contributed by atoms with Gasteiger partial charge in [0.25, 0.3) is 0 Å². The molecule has 1 amide bonds. The summed E-state index contributed by atoms with van der Waals surface area (Å²) < 4.78 is 18.5. The first-order valence-corrected chi connectivity index (χ1v) is 8.63. The number of hydrogen-bond acceptors (Lipinski definition) is 4. The number of ether oxygens (including phenoxy) is 1. The number of carbonyl (C=O) groups is 1. The summed E-state index contributed by atoms with van der Waals surface area (Å²) in [6.45, 7) is 2.50. The molecule has 1 aromatic heterocycles. The van der Waals surface area contributed by atoms with E-state index in [4.69, 9.17) is 4.74 Å². The predicted molar refractivity (Wildman–Crippen MR) is 104 cm³/mol. The van der Waals surface area contributed by atoms with Crippen LogP contribution in [-0.4, -0.2) is 17.5 Å². The lowest BCUT2D eigenvalue weighted by Crippen LogP contribution is -2.14. The molecule has 0 saturated carbocycles. The third-order valence-electron chi connectivity index (χ3n) is 3.77. The number of carbonyl (C=O) groups excluding carboxylic acids is 1. The average molecular weight is 365 g/mol. The van der Waals surface area contributed by atoms with Gasteiger partial charge in [-0.3, -0.25) is 4.79 Å². The molecule has 6 heteroatoms. The van der Waals surface area contributed by atoms with E-state index in [0.717, 1.165) is 17.0 Å². The third kappa shape index (κ3) is 5.28. The van der Waals surface area contributed by atoms with Gasteiger partial charge in [0.1, 0.15) is 17.4 Å². The third-order valence-corrected chi connectivity index (χ3v) is 3.77. The van der Waals surface area contributed by atoms with Crippen molar-refractivity contribution in [3.8, 4) is 5.75 Å². The number of amides is 1. The number of hydrogen-bond donors (Lipinski definition) is 2. The van der Waals surface area contributed by atoms with E-state index in [1.54, 1.807) is 30.5 Å². The molecule has 3 rings (SSSR count). The van der Waals surface area contributed by atoms with Crippen molar-refractivity contribution in [2.24, 2.45) is 0 Å². The van der Waals surface area contributed by atoms with Crippen molar-refractivity contribution in [2.75, 3.05) is 17.2 Å². The molecule has 2 N–H and O–H groups in total. The summed E-state index contributed by atoms with van der Waals surface area (Å²) in [7, 11) is 0. The molecule has 138 valence electrons. The van der Waals surface area contributed by atoms with E-state index in [2.05, 4.69) is 15.6 Å². The topological polar surface area (TPSA) is 63.2 Å².